The van der Waals surface area contributed by atoms with Crippen molar-refractivity contribution in [1.82, 2.24) is 5.32 Å². The molecule has 3 rings (SSSR count). The van der Waals surface area contributed by atoms with Crippen LogP contribution < -0.4 is 14.8 Å². The normalized spacial score (nSPS) is 10.5. The maximum absolute atomic E-state index is 12.1. The number of methoxy groups -OCH3 is 2. The van der Waals surface area contributed by atoms with Gasteiger partial charge in [-0.3, -0.25) is 4.79 Å². The Morgan fingerprint density at radius 3 is 2.38 bits per heavy atom. The van der Waals surface area contributed by atoms with Crippen molar-refractivity contribution in [3.63, 3.8) is 0 Å². The van der Waals surface area contributed by atoms with Crippen LogP contribution in [0, 0.1) is 0 Å². The zero-order valence-electron chi connectivity index (χ0n) is 13.9. The molecular formula is C20H19NO3. The van der Waals surface area contributed by atoms with Gasteiger partial charge in [-0.1, -0.05) is 24.3 Å². The maximum Gasteiger partial charge on any atom is 0.254 e. The molecule has 0 aromatic heterocycles. The van der Waals surface area contributed by atoms with Crippen LogP contribution >= 0.6 is 0 Å². The number of carbonyl (C=O) groups is 1. The lowest BCUT2D eigenvalue weighted by Crippen LogP contribution is -2.18. The number of hydrogen-bond donors (Lipinski definition) is 1. The van der Waals surface area contributed by atoms with E-state index in [0.717, 1.165) is 27.6 Å². The van der Waals surface area contributed by atoms with Crippen LogP contribution in [0.2, 0.25) is 0 Å². The Morgan fingerprint density at radius 2 is 1.67 bits per heavy atom. The zero-order chi connectivity index (χ0) is 17.1. The Kier molecular flexibility index (Phi) is 4.38. The van der Waals surface area contributed by atoms with E-state index in [-0.39, 0.29) is 5.91 Å². The highest BCUT2D eigenvalue weighted by Crippen LogP contribution is 2.31. The van der Waals surface area contributed by atoms with Crippen molar-refractivity contribution in [2.45, 2.75) is 0 Å². The predicted molar refractivity (Wildman–Crippen MR) is 95.9 cm³/mol. The van der Waals surface area contributed by atoms with E-state index in [4.69, 9.17) is 9.47 Å². The van der Waals surface area contributed by atoms with Gasteiger partial charge in [0.2, 0.25) is 0 Å². The minimum atomic E-state index is -0.166. The molecule has 0 saturated carbocycles. The number of fused-ring (bicyclic) bond motifs is 1. The van der Waals surface area contributed by atoms with Crippen molar-refractivity contribution in [2.75, 3.05) is 21.3 Å². The summed E-state index contributed by atoms with van der Waals surface area (Å²) in [5.74, 6) is 1.21. The van der Waals surface area contributed by atoms with Gasteiger partial charge in [0.05, 0.1) is 19.8 Å². The highest BCUT2D eigenvalue weighted by molar-refractivity contribution is 6.02. The molecule has 122 valence electrons. The first-order chi connectivity index (χ1) is 11.7. The van der Waals surface area contributed by atoms with Gasteiger partial charge in [0, 0.05) is 7.05 Å². The first-order valence-corrected chi connectivity index (χ1v) is 7.64. The fourth-order valence-electron chi connectivity index (χ4n) is 2.74. The van der Waals surface area contributed by atoms with Crippen molar-refractivity contribution in [3.8, 4) is 22.6 Å². The van der Waals surface area contributed by atoms with E-state index in [1.807, 2.05) is 42.5 Å². The van der Waals surface area contributed by atoms with E-state index >= 15 is 0 Å². The van der Waals surface area contributed by atoms with Gasteiger partial charge in [0.15, 0.2) is 0 Å². The fourth-order valence-corrected chi connectivity index (χ4v) is 2.74. The van der Waals surface area contributed by atoms with Crippen LogP contribution in [0.1, 0.15) is 10.4 Å². The molecule has 0 bridgehead atoms. The summed E-state index contributed by atoms with van der Waals surface area (Å²) in [7, 11) is 4.83. The van der Waals surface area contributed by atoms with Gasteiger partial charge >= 0.3 is 0 Å². The Hall–Kier alpha value is -3.01. The van der Waals surface area contributed by atoms with Crippen LogP contribution in [0.5, 0.6) is 11.5 Å². The number of nitrogens with one attached hydrogen (secondary N) is 1. The van der Waals surface area contributed by atoms with E-state index in [1.54, 1.807) is 21.3 Å². The number of benzene rings is 3. The van der Waals surface area contributed by atoms with Crippen LogP contribution in [0.4, 0.5) is 0 Å². The summed E-state index contributed by atoms with van der Waals surface area (Å²) in [6.07, 6.45) is 0. The molecule has 1 N–H and O–H groups in total. The van der Waals surface area contributed by atoms with E-state index in [1.165, 1.54) is 0 Å². The average Bonchev–Trinajstić information content (AvgIpc) is 2.65. The molecule has 4 heteroatoms. The molecule has 0 saturated heterocycles. The summed E-state index contributed by atoms with van der Waals surface area (Å²) < 4.78 is 10.6. The van der Waals surface area contributed by atoms with Crippen LogP contribution in [-0.4, -0.2) is 27.2 Å². The van der Waals surface area contributed by atoms with Gasteiger partial charge in [0.25, 0.3) is 5.91 Å². The molecule has 0 aliphatic rings. The second-order valence-corrected chi connectivity index (χ2v) is 5.43. The first-order valence-electron chi connectivity index (χ1n) is 7.64. The molecule has 0 atom stereocenters. The SMILES string of the molecule is CNC(=O)c1cc2cc(-c3cccc(OC)c3)ccc2cc1OC. The van der Waals surface area contributed by atoms with E-state index in [9.17, 15) is 4.79 Å². The Morgan fingerprint density at radius 1 is 0.875 bits per heavy atom. The molecule has 1 amide bonds. The summed E-state index contributed by atoms with van der Waals surface area (Å²) in [6, 6.07) is 17.8. The van der Waals surface area contributed by atoms with Crippen LogP contribution in [0.25, 0.3) is 21.9 Å². The quantitative estimate of drug-likeness (QED) is 0.793. The predicted octanol–water partition coefficient (Wildman–Crippen LogP) is 3.88. The topological polar surface area (TPSA) is 47.6 Å². The van der Waals surface area contributed by atoms with Crippen LogP contribution in [0.15, 0.2) is 54.6 Å². The third kappa shape index (κ3) is 2.91. The van der Waals surface area contributed by atoms with Gasteiger partial charge in [-0.15, -0.1) is 0 Å². The largest absolute Gasteiger partial charge is 0.497 e. The molecular weight excluding hydrogens is 302 g/mol. The first kappa shape index (κ1) is 15.9. The lowest BCUT2D eigenvalue weighted by atomic mass is 9.99. The lowest BCUT2D eigenvalue weighted by molar-refractivity contribution is 0.0960. The second kappa shape index (κ2) is 6.62. The van der Waals surface area contributed by atoms with Crippen molar-refractivity contribution in [3.05, 3.63) is 60.2 Å². The summed E-state index contributed by atoms with van der Waals surface area (Å²) in [6.45, 7) is 0. The highest BCUT2D eigenvalue weighted by atomic mass is 16.5. The van der Waals surface area contributed by atoms with Crippen LogP contribution in [-0.2, 0) is 0 Å². The number of ether oxygens (including phenoxy) is 2. The zero-order valence-corrected chi connectivity index (χ0v) is 13.9. The molecule has 24 heavy (non-hydrogen) atoms. The molecule has 0 radical (unpaired) electrons. The molecule has 0 heterocycles. The molecule has 4 nitrogen and oxygen atoms in total. The van der Waals surface area contributed by atoms with Gasteiger partial charge < -0.3 is 14.8 Å². The second-order valence-electron chi connectivity index (χ2n) is 5.43. The molecule has 0 fully saturated rings. The van der Waals surface area contributed by atoms with E-state index < -0.39 is 0 Å². The van der Waals surface area contributed by atoms with Gasteiger partial charge in [-0.05, 0) is 52.2 Å². The number of rotatable bonds is 4. The lowest BCUT2D eigenvalue weighted by Gasteiger charge is -2.11. The minimum absolute atomic E-state index is 0.166. The standard InChI is InChI=1S/C20H19NO3/c1-21-20(22)18-11-16-9-14(7-8-15(16)12-19(18)24-3)13-5-4-6-17(10-13)23-2/h4-12H,1-3H3,(H,21,22). The van der Waals surface area contributed by atoms with Gasteiger partial charge in [-0.25, -0.2) is 0 Å². The summed E-state index contributed by atoms with van der Waals surface area (Å²) >= 11 is 0. The molecule has 0 spiro atoms. The van der Waals surface area contributed by atoms with Crippen molar-refractivity contribution in [2.24, 2.45) is 0 Å². The third-order valence-electron chi connectivity index (χ3n) is 4.03. The van der Waals surface area contributed by atoms with E-state index in [2.05, 4.69) is 17.4 Å². The number of carbonyl (C=O) groups excluding carboxylic acids is 1. The van der Waals surface area contributed by atoms with Crippen molar-refractivity contribution >= 4 is 16.7 Å². The molecule has 0 unspecified atom stereocenters. The fraction of sp³-hybridized carbons (Fsp3) is 0.150. The summed E-state index contributed by atoms with van der Waals surface area (Å²) in [4.78, 5) is 12.1. The smallest absolute Gasteiger partial charge is 0.254 e. The molecule has 3 aromatic carbocycles. The summed E-state index contributed by atoms with van der Waals surface area (Å²) in [5, 5.41) is 4.65. The Balaban J connectivity index is 2.14. The Labute approximate surface area is 141 Å². The molecule has 0 aliphatic carbocycles. The van der Waals surface area contributed by atoms with Crippen molar-refractivity contribution in [1.29, 1.82) is 0 Å². The number of hydrogen-bond acceptors (Lipinski definition) is 3. The Bertz CT molecular complexity index is 903. The highest BCUT2D eigenvalue weighted by Gasteiger charge is 2.12. The average molecular weight is 321 g/mol. The van der Waals surface area contributed by atoms with Crippen LogP contribution in [0.3, 0.4) is 0 Å². The van der Waals surface area contributed by atoms with Crippen molar-refractivity contribution < 1.29 is 14.3 Å². The minimum Gasteiger partial charge on any atom is -0.497 e. The summed E-state index contributed by atoms with van der Waals surface area (Å²) in [5.41, 5.74) is 2.65. The maximum atomic E-state index is 12.1. The van der Waals surface area contributed by atoms with Gasteiger partial charge in [0.1, 0.15) is 11.5 Å². The molecule has 0 aliphatic heterocycles. The number of amides is 1. The molecule has 3 aromatic rings. The third-order valence-corrected chi connectivity index (χ3v) is 4.03. The van der Waals surface area contributed by atoms with E-state index in [0.29, 0.717) is 11.3 Å². The van der Waals surface area contributed by atoms with Gasteiger partial charge in [-0.2, -0.15) is 0 Å². The monoisotopic (exact) mass is 321 g/mol.